The van der Waals surface area contributed by atoms with Crippen molar-refractivity contribution in [1.82, 2.24) is 15.5 Å². The monoisotopic (exact) mass is 364 g/mol. The molecule has 8 nitrogen and oxygen atoms in total. The van der Waals surface area contributed by atoms with E-state index >= 15 is 0 Å². The van der Waals surface area contributed by atoms with Crippen LogP contribution >= 0.6 is 0 Å². The Hall–Kier alpha value is -2.45. The lowest BCUT2D eigenvalue weighted by Gasteiger charge is -2.17. The van der Waals surface area contributed by atoms with E-state index in [-0.39, 0.29) is 19.0 Å². The number of likely N-dealkylation sites (N-methyl/N-ethyl adjacent to an activating group) is 1. The first-order chi connectivity index (χ1) is 12.2. The first kappa shape index (κ1) is 21.6. The van der Waals surface area contributed by atoms with Gasteiger partial charge in [-0.15, -0.1) is 0 Å². The maximum absolute atomic E-state index is 12.2. The largest absolute Gasteiger partial charge is 0.383 e. The lowest BCUT2D eigenvalue weighted by Crippen LogP contribution is -2.45. The van der Waals surface area contributed by atoms with Crippen LogP contribution in [0.5, 0.6) is 0 Å². The average Bonchev–Trinajstić information content (AvgIpc) is 2.50. The Bertz CT molecular complexity index is 638. The number of nitrogens with one attached hydrogen (secondary N) is 3. The van der Waals surface area contributed by atoms with Crippen molar-refractivity contribution in [3.63, 3.8) is 0 Å². The van der Waals surface area contributed by atoms with Gasteiger partial charge in [-0.25, -0.2) is 4.79 Å². The van der Waals surface area contributed by atoms with Gasteiger partial charge in [-0.05, 0) is 38.9 Å². The molecular formula is C18H28N4O4. The number of methoxy groups -OCH3 is 1. The van der Waals surface area contributed by atoms with E-state index in [9.17, 15) is 14.4 Å². The van der Waals surface area contributed by atoms with Crippen LogP contribution in [0.4, 0.5) is 10.5 Å². The molecule has 0 heterocycles. The molecule has 0 unspecified atom stereocenters. The molecule has 0 saturated heterocycles. The molecule has 0 atom stereocenters. The van der Waals surface area contributed by atoms with E-state index in [4.69, 9.17) is 4.74 Å². The zero-order chi connectivity index (χ0) is 19.7. The minimum Gasteiger partial charge on any atom is -0.383 e. The third-order valence-corrected chi connectivity index (χ3v) is 3.61. The molecule has 1 aromatic carbocycles. The number of hydrogen-bond acceptors (Lipinski definition) is 5. The fourth-order valence-electron chi connectivity index (χ4n) is 2.58. The number of benzene rings is 1. The first-order valence-electron chi connectivity index (χ1n) is 8.35. The molecule has 0 aliphatic heterocycles. The van der Waals surface area contributed by atoms with Gasteiger partial charge in [-0.3, -0.25) is 19.8 Å². The number of imide groups is 1. The minimum atomic E-state index is -0.587. The van der Waals surface area contributed by atoms with Crippen LogP contribution in [0, 0.1) is 20.8 Å². The number of urea groups is 1. The maximum atomic E-state index is 12.2. The molecule has 0 aliphatic carbocycles. The highest BCUT2D eigenvalue weighted by atomic mass is 16.5. The number of carbonyl (C=O) groups is 3. The Labute approximate surface area is 154 Å². The molecule has 0 radical (unpaired) electrons. The van der Waals surface area contributed by atoms with Crippen molar-refractivity contribution in [2.45, 2.75) is 20.8 Å². The number of ether oxygens (including phenoxy) is 1. The Morgan fingerprint density at radius 2 is 1.62 bits per heavy atom. The summed E-state index contributed by atoms with van der Waals surface area (Å²) in [5, 5.41) is 7.56. The van der Waals surface area contributed by atoms with Crippen LogP contribution in [0.3, 0.4) is 0 Å². The van der Waals surface area contributed by atoms with Gasteiger partial charge in [0, 0.05) is 19.3 Å². The fourth-order valence-corrected chi connectivity index (χ4v) is 2.58. The predicted octanol–water partition coefficient (Wildman–Crippen LogP) is 0.954. The summed E-state index contributed by atoms with van der Waals surface area (Å²) in [6.45, 7) is 6.51. The van der Waals surface area contributed by atoms with Gasteiger partial charge < -0.3 is 15.4 Å². The topological polar surface area (TPSA) is 99.8 Å². The van der Waals surface area contributed by atoms with Crippen LogP contribution < -0.4 is 16.0 Å². The zero-order valence-corrected chi connectivity index (χ0v) is 16.1. The van der Waals surface area contributed by atoms with Gasteiger partial charge in [-0.1, -0.05) is 17.7 Å². The van der Waals surface area contributed by atoms with Gasteiger partial charge >= 0.3 is 6.03 Å². The Morgan fingerprint density at radius 3 is 2.19 bits per heavy atom. The SMILES string of the molecule is COCCNC(=O)NC(=O)CN(C)CC(=O)Nc1c(C)cc(C)cc1C. The quantitative estimate of drug-likeness (QED) is 0.597. The Kier molecular flexibility index (Phi) is 8.74. The molecule has 0 fully saturated rings. The molecule has 0 bridgehead atoms. The van der Waals surface area contributed by atoms with E-state index in [1.54, 1.807) is 7.05 Å². The van der Waals surface area contributed by atoms with E-state index in [1.165, 1.54) is 12.0 Å². The van der Waals surface area contributed by atoms with Gasteiger partial charge in [0.15, 0.2) is 0 Å². The van der Waals surface area contributed by atoms with E-state index in [0.717, 1.165) is 22.4 Å². The van der Waals surface area contributed by atoms with Crippen molar-refractivity contribution < 1.29 is 19.1 Å². The van der Waals surface area contributed by atoms with Crippen molar-refractivity contribution in [3.8, 4) is 0 Å². The van der Waals surface area contributed by atoms with Crippen LogP contribution in [-0.2, 0) is 14.3 Å². The summed E-state index contributed by atoms with van der Waals surface area (Å²) < 4.78 is 4.80. The van der Waals surface area contributed by atoms with Crippen LogP contribution in [0.15, 0.2) is 12.1 Å². The summed E-state index contributed by atoms with van der Waals surface area (Å²) in [6.07, 6.45) is 0. The molecule has 144 valence electrons. The Morgan fingerprint density at radius 1 is 1.04 bits per heavy atom. The van der Waals surface area contributed by atoms with Crippen molar-refractivity contribution in [3.05, 3.63) is 28.8 Å². The molecule has 26 heavy (non-hydrogen) atoms. The molecule has 0 aliphatic rings. The number of aryl methyl sites for hydroxylation is 3. The smallest absolute Gasteiger partial charge is 0.321 e. The Balaban J connectivity index is 2.45. The molecule has 8 heteroatoms. The summed E-state index contributed by atoms with van der Waals surface area (Å²) in [5.74, 6) is -0.710. The van der Waals surface area contributed by atoms with Crippen molar-refractivity contribution in [2.24, 2.45) is 0 Å². The molecular weight excluding hydrogens is 336 g/mol. The molecule has 0 saturated carbocycles. The summed E-state index contributed by atoms with van der Waals surface area (Å²) in [4.78, 5) is 37.0. The van der Waals surface area contributed by atoms with Gasteiger partial charge in [-0.2, -0.15) is 0 Å². The summed E-state index contributed by atoms with van der Waals surface area (Å²) >= 11 is 0. The maximum Gasteiger partial charge on any atom is 0.321 e. The van der Waals surface area contributed by atoms with Gasteiger partial charge in [0.05, 0.1) is 19.7 Å². The third kappa shape index (κ3) is 7.62. The first-order valence-corrected chi connectivity index (χ1v) is 8.35. The van der Waals surface area contributed by atoms with Crippen molar-refractivity contribution >= 4 is 23.5 Å². The molecule has 1 rings (SSSR count). The number of rotatable bonds is 8. The lowest BCUT2D eigenvalue weighted by molar-refractivity contribution is -0.122. The number of amides is 4. The van der Waals surface area contributed by atoms with Crippen molar-refractivity contribution in [1.29, 1.82) is 0 Å². The van der Waals surface area contributed by atoms with Crippen molar-refractivity contribution in [2.75, 3.05) is 45.7 Å². The second kappa shape index (κ2) is 10.5. The fraction of sp³-hybridized carbons (Fsp3) is 0.500. The predicted molar refractivity (Wildman–Crippen MR) is 100 cm³/mol. The van der Waals surface area contributed by atoms with Crippen LogP contribution in [0.2, 0.25) is 0 Å². The standard InChI is InChI=1S/C18H28N4O4/c1-12-8-13(2)17(14(3)9-12)20-15(23)10-22(4)11-16(24)21-18(25)19-6-7-26-5/h8-9H,6-7,10-11H2,1-5H3,(H,20,23)(H2,19,21,24,25). The zero-order valence-electron chi connectivity index (χ0n) is 16.1. The second-order valence-corrected chi connectivity index (χ2v) is 6.29. The second-order valence-electron chi connectivity index (χ2n) is 6.29. The summed E-state index contributed by atoms with van der Waals surface area (Å²) in [5.41, 5.74) is 3.90. The molecule has 0 spiro atoms. The van der Waals surface area contributed by atoms with Crippen LogP contribution in [0.1, 0.15) is 16.7 Å². The normalized spacial score (nSPS) is 10.5. The number of anilines is 1. The van der Waals surface area contributed by atoms with E-state index in [1.807, 2.05) is 32.9 Å². The molecule has 4 amide bonds. The van der Waals surface area contributed by atoms with Gasteiger partial charge in [0.1, 0.15) is 0 Å². The lowest BCUT2D eigenvalue weighted by atomic mass is 10.1. The van der Waals surface area contributed by atoms with Gasteiger partial charge in [0.2, 0.25) is 11.8 Å². The summed E-state index contributed by atoms with van der Waals surface area (Å²) in [6, 6.07) is 3.42. The highest BCUT2D eigenvalue weighted by molar-refractivity contribution is 5.96. The number of carbonyl (C=O) groups excluding carboxylic acids is 3. The minimum absolute atomic E-state index is 0.0332. The third-order valence-electron chi connectivity index (χ3n) is 3.61. The molecule has 1 aromatic rings. The summed E-state index contributed by atoms with van der Waals surface area (Å²) in [7, 11) is 3.15. The molecule has 0 aromatic heterocycles. The van der Waals surface area contributed by atoms with Crippen LogP contribution in [-0.4, -0.2) is 63.1 Å². The van der Waals surface area contributed by atoms with E-state index < -0.39 is 11.9 Å². The van der Waals surface area contributed by atoms with Gasteiger partial charge in [0.25, 0.3) is 0 Å². The highest BCUT2D eigenvalue weighted by Gasteiger charge is 2.14. The van der Waals surface area contributed by atoms with E-state index in [0.29, 0.717) is 13.2 Å². The number of hydrogen-bond donors (Lipinski definition) is 3. The number of nitrogens with zero attached hydrogens (tertiary/aromatic N) is 1. The van der Waals surface area contributed by atoms with Crippen LogP contribution in [0.25, 0.3) is 0 Å². The highest BCUT2D eigenvalue weighted by Crippen LogP contribution is 2.21. The average molecular weight is 364 g/mol. The van der Waals surface area contributed by atoms with E-state index in [2.05, 4.69) is 16.0 Å². The molecule has 3 N–H and O–H groups in total.